The minimum atomic E-state index is -0.841. The van der Waals surface area contributed by atoms with Gasteiger partial charge in [0.2, 0.25) is 0 Å². The second kappa shape index (κ2) is 7.25. The van der Waals surface area contributed by atoms with Crippen LogP contribution in [0.3, 0.4) is 0 Å². The number of hydrogen-bond acceptors (Lipinski definition) is 7. The fourth-order valence-corrected chi connectivity index (χ4v) is 1.96. The molecule has 0 unspecified atom stereocenters. The Hall–Kier alpha value is -3.69. The first-order chi connectivity index (χ1) is 11.8. The van der Waals surface area contributed by atoms with Gasteiger partial charge in [0, 0.05) is 6.07 Å². The van der Waals surface area contributed by atoms with Crippen LogP contribution in [-0.2, 0) is 4.79 Å². The third-order valence-corrected chi connectivity index (χ3v) is 3.13. The standard InChI is InChI=1S/C15H13N3O7/c1-9-2-4-13(19)11(6-9)16-15(20)8-25-14-5-3-10(17(21)22)7-12(14)18(23)24/h2-7,19H,8H2,1H3,(H,16,20). The second-order valence-electron chi connectivity index (χ2n) is 5.02. The van der Waals surface area contributed by atoms with Crippen molar-refractivity contribution in [2.75, 3.05) is 11.9 Å². The van der Waals surface area contributed by atoms with Crippen molar-refractivity contribution in [1.29, 1.82) is 0 Å². The molecule has 10 nitrogen and oxygen atoms in total. The van der Waals surface area contributed by atoms with E-state index in [4.69, 9.17) is 4.74 Å². The van der Waals surface area contributed by atoms with Crippen LogP contribution in [0.1, 0.15) is 5.56 Å². The van der Waals surface area contributed by atoms with Crippen LogP contribution >= 0.6 is 0 Å². The number of aryl methyl sites for hydroxylation is 1. The molecule has 0 spiro atoms. The van der Waals surface area contributed by atoms with Crippen LogP contribution in [0, 0.1) is 27.2 Å². The van der Waals surface area contributed by atoms with E-state index in [-0.39, 0.29) is 17.2 Å². The first-order valence-electron chi connectivity index (χ1n) is 6.93. The molecule has 2 rings (SSSR count). The average molecular weight is 347 g/mol. The highest BCUT2D eigenvalue weighted by Gasteiger charge is 2.21. The Bertz CT molecular complexity index is 851. The predicted molar refractivity (Wildman–Crippen MR) is 86.7 cm³/mol. The monoisotopic (exact) mass is 347 g/mol. The molecule has 0 radical (unpaired) electrons. The summed E-state index contributed by atoms with van der Waals surface area (Å²) in [6.45, 7) is 1.19. The summed E-state index contributed by atoms with van der Waals surface area (Å²) in [4.78, 5) is 31.9. The van der Waals surface area contributed by atoms with Gasteiger partial charge in [-0.2, -0.15) is 0 Å². The smallest absolute Gasteiger partial charge is 0.317 e. The first-order valence-corrected chi connectivity index (χ1v) is 6.93. The Morgan fingerprint density at radius 2 is 1.88 bits per heavy atom. The lowest BCUT2D eigenvalue weighted by Crippen LogP contribution is -2.20. The fraction of sp³-hybridized carbons (Fsp3) is 0.133. The highest BCUT2D eigenvalue weighted by molar-refractivity contribution is 5.93. The van der Waals surface area contributed by atoms with E-state index in [9.17, 15) is 30.1 Å². The molecule has 0 aromatic heterocycles. The quantitative estimate of drug-likeness (QED) is 0.464. The molecular formula is C15H13N3O7. The van der Waals surface area contributed by atoms with Gasteiger partial charge in [0.1, 0.15) is 5.75 Å². The summed E-state index contributed by atoms with van der Waals surface area (Å²) in [6, 6.07) is 7.44. The van der Waals surface area contributed by atoms with E-state index in [0.717, 1.165) is 23.8 Å². The number of nitrogens with zero attached hydrogens (tertiary/aromatic N) is 2. The predicted octanol–water partition coefficient (Wildman–Crippen LogP) is 2.53. The minimum absolute atomic E-state index is 0.139. The summed E-state index contributed by atoms with van der Waals surface area (Å²) in [5.41, 5.74) is -0.111. The normalized spacial score (nSPS) is 10.1. The maximum atomic E-state index is 11.9. The molecule has 0 fully saturated rings. The molecule has 1 amide bonds. The number of ether oxygens (including phenoxy) is 1. The van der Waals surface area contributed by atoms with E-state index < -0.39 is 33.7 Å². The molecule has 2 aromatic carbocycles. The van der Waals surface area contributed by atoms with E-state index in [1.54, 1.807) is 19.1 Å². The van der Waals surface area contributed by atoms with E-state index in [1.165, 1.54) is 6.07 Å². The van der Waals surface area contributed by atoms with Crippen LogP contribution in [0.4, 0.5) is 17.1 Å². The number of phenolic OH excluding ortho intramolecular Hbond substituents is 1. The van der Waals surface area contributed by atoms with Crippen LogP contribution < -0.4 is 10.1 Å². The van der Waals surface area contributed by atoms with Gasteiger partial charge in [-0.25, -0.2) is 0 Å². The van der Waals surface area contributed by atoms with Crippen LogP contribution in [0.15, 0.2) is 36.4 Å². The zero-order chi connectivity index (χ0) is 18.6. The van der Waals surface area contributed by atoms with Crippen molar-refractivity contribution in [2.24, 2.45) is 0 Å². The number of hydrogen-bond donors (Lipinski definition) is 2. The lowest BCUT2D eigenvalue weighted by molar-refractivity contribution is -0.394. The van der Waals surface area contributed by atoms with Gasteiger partial charge in [-0.05, 0) is 30.7 Å². The van der Waals surface area contributed by atoms with Crippen LogP contribution in [0.2, 0.25) is 0 Å². The zero-order valence-electron chi connectivity index (χ0n) is 13.0. The highest BCUT2D eigenvalue weighted by Crippen LogP contribution is 2.31. The van der Waals surface area contributed by atoms with Gasteiger partial charge >= 0.3 is 5.69 Å². The summed E-state index contributed by atoms with van der Waals surface area (Å²) in [7, 11) is 0. The van der Waals surface area contributed by atoms with Gasteiger partial charge in [0.25, 0.3) is 11.6 Å². The largest absolute Gasteiger partial charge is 0.506 e. The number of non-ortho nitro benzene ring substituents is 1. The van der Waals surface area contributed by atoms with Gasteiger partial charge in [0.05, 0.1) is 21.6 Å². The van der Waals surface area contributed by atoms with Crippen molar-refractivity contribution in [3.8, 4) is 11.5 Å². The van der Waals surface area contributed by atoms with Gasteiger partial charge in [-0.1, -0.05) is 6.07 Å². The lowest BCUT2D eigenvalue weighted by atomic mass is 10.2. The average Bonchev–Trinajstić information content (AvgIpc) is 2.56. The summed E-state index contributed by atoms with van der Waals surface area (Å²) in [5, 5.41) is 33.7. The van der Waals surface area contributed by atoms with E-state index in [0.29, 0.717) is 0 Å². The number of nitro benzene ring substituents is 2. The Morgan fingerprint density at radius 3 is 2.52 bits per heavy atom. The van der Waals surface area contributed by atoms with Crippen molar-refractivity contribution in [3.63, 3.8) is 0 Å². The number of carbonyl (C=O) groups is 1. The molecule has 0 aliphatic rings. The molecule has 0 saturated carbocycles. The number of amides is 1. The van der Waals surface area contributed by atoms with Gasteiger partial charge in [-0.15, -0.1) is 0 Å². The van der Waals surface area contributed by atoms with Crippen molar-refractivity contribution < 1.29 is 24.5 Å². The van der Waals surface area contributed by atoms with Gasteiger partial charge < -0.3 is 15.2 Å². The van der Waals surface area contributed by atoms with E-state index in [2.05, 4.69) is 5.32 Å². The number of phenols is 1. The van der Waals surface area contributed by atoms with Gasteiger partial charge in [-0.3, -0.25) is 25.0 Å². The summed E-state index contributed by atoms with van der Waals surface area (Å²) >= 11 is 0. The number of carbonyl (C=O) groups excluding carboxylic acids is 1. The van der Waals surface area contributed by atoms with Crippen molar-refractivity contribution in [3.05, 3.63) is 62.2 Å². The fourth-order valence-electron chi connectivity index (χ4n) is 1.96. The zero-order valence-corrected chi connectivity index (χ0v) is 13.0. The lowest BCUT2D eigenvalue weighted by Gasteiger charge is -2.09. The molecule has 2 aromatic rings. The third kappa shape index (κ3) is 4.41. The SMILES string of the molecule is Cc1ccc(O)c(NC(=O)COc2ccc([N+](=O)[O-])cc2[N+](=O)[O-])c1. The minimum Gasteiger partial charge on any atom is -0.506 e. The molecule has 10 heteroatoms. The topological polar surface area (TPSA) is 145 Å². The van der Waals surface area contributed by atoms with E-state index in [1.807, 2.05) is 0 Å². The molecule has 0 aliphatic carbocycles. The van der Waals surface area contributed by atoms with Crippen molar-refractivity contribution in [2.45, 2.75) is 6.92 Å². The number of benzene rings is 2. The number of nitrogens with one attached hydrogen (secondary N) is 1. The maximum Gasteiger partial charge on any atom is 0.317 e. The number of rotatable bonds is 6. The number of anilines is 1. The molecular weight excluding hydrogens is 334 g/mol. The summed E-state index contributed by atoms with van der Waals surface area (Å²) in [5.74, 6) is -1.08. The number of aromatic hydroxyl groups is 1. The second-order valence-corrected chi connectivity index (χ2v) is 5.02. The van der Waals surface area contributed by atoms with Gasteiger partial charge in [0.15, 0.2) is 12.4 Å². The molecule has 0 saturated heterocycles. The Balaban J connectivity index is 2.10. The molecule has 2 N–H and O–H groups in total. The van der Waals surface area contributed by atoms with Crippen molar-refractivity contribution in [1.82, 2.24) is 0 Å². The van der Waals surface area contributed by atoms with Crippen LogP contribution in [0.25, 0.3) is 0 Å². The Kier molecular flexibility index (Phi) is 5.12. The third-order valence-electron chi connectivity index (χ3n) is 3.13. The maximum absolute atomic E-state index is 11.9. The van der Waals surface area contributed by atoms with E-state index >= 15 is 0 Å². The molecule has 0 heterocycles. The molecule has 0 atom stereocenters. The molecule has 25 heavy (non-hydrogen) atoms. The molecule has 0 bridgehead atoms. The molecule has 130 valence electrons. The highest BCUT2D eigenvalue weighted by atomic mass is 16.6. The van der Waals surface area contributed by atoms with Crippen molar-refractivity contribution >= 4 is 23.0 Å². The summed E-state index contributed by atoms with van der Waals surface area (Å²) < 4.78 is 5.08. The number of nitro groups is 2. The molecule has 0 aliphatic heterocycles. The van der Waals surface area contributed by atoms with Crippen LogP contribution in [-0.4, -0.2) is 27.5 Å². The first kappa shape index (κ1) is 17.7. The Morgan fingerprint density at radius 1 is 1.16 bits per heavy atom. The summed E-state index contributed by atoms with van der Waals surface area (Å²) in [6.07, 6.45) is 0. The Labute approximate surface area is 141 Å². The van der Waals surface area contributed by atoms with Crippen LogP contribution in [0.5, 0.6) is 11.5 Å².